The van der Waals surface area contributed by atoms with Crippen molar-refractivity contribution >= 4 is 33.0 Å². The molecule has 32 heavy (non-hydrogen) atoms. The number of quaternary nitrogens is 1. The zero-order chi connectivity index (χ0) is 23.1. The fourth-order valence-corrected chi connectivity index (χ4v) is 4.11. The zero-order valence-electron chi connectivity index (χ0n) is 16.9. The van der Waals surface area contributed by atoms with E-state index in [0.717, 1.165) is 0 Å². The summed E-state index contributed by atoms with van der Waals surface area (Å²) in [7, 11) is -1.50. The van der Waals surface area contributed by atoms with Crippen LogP contribution in [0.25, 0.3) is 0 Å². The summed E-state index contributed by atoms with van der Waals surface area (Å²) in [6, 6.07) is 11.5. The molecule has 1 unspecified atom stereocenters. The highest BCUT2D eigenvalue weighted by Gasteiger charge is 2.46. The highest BCUT2D eigenvalue weighted by atomic mass is 32.2. The van der Waals surface area contributed by atoms with Crippen LogP contribution in [-0.4, -0.2) is 37.9 Å². The van der Waals surface area contributed by atoms with Crippen molar-refractivity contribution in [2.75, 3.05) is 19.3 Å². The van der Waals surface area contributed by atoms with Gasteiger partial charge in [0.2, 0.25) is 11.5 Å². The lowest BCUT2D eigenvalue weighted by Crippen LogP contribution is -2.57. The average molecular weight is 460 g/mol. The maximum absolute atomic E-state index is 11.9. The number of nitrogens with one attached hydrogen (secondary N) is 1. The minimum atomic E-state index is -4.54. The van der Waals surface area contributed by atoms with Crippen molar-refractivity contribution in [3.8, 4) is 5.75 Å². The number of non-ortho nitro benzene ring substituents is 1. The number of anilines is 1. The Morgan fingerprint density at radius 2 is 2.00 bits per heavy atom. The molecule has 2 aromatic carbocycles. The van der Waals surface area contributed by atoms with Gasteiger partial charge >= 0.3 is 0 Å². The summed E-state index contributed by atoms with van der Waals surface area (Å²) in [6.45, 7) is 0. The summed E-state index contributed by atoms with van der Waals surface area (Å²) in [5.74, 6) is 0.312. The third-order valence-corrected chi connectivity index (χ3v) is 5.81. The minimum absolute atomic E-state index is 0.127. The molecule has 12 nitrogen and oxygen atoms in total. The molecule has 166 valence electrons. The van der Waals surface area contributed by atoms with Crippen LogP contribution in [0.1, 0.15) is 5.56 Å². The highest BCUT2D eigenvalue weighted by Crippen LogP contribution is 2.40. The van der Waals surface area contributed by atoms with Gasteiger partial charge in [0.1, 0.15) is 18.2 Å². The van der Waals surface area contributed by atoms with Crippen LogP contribution in [0.15, 0.2) is 75.5 Å². The van der Waals surface area contributed by atoms with Crippen LogP contribution in [0.3, 0.4) is 0 Å². The Bertz CT molecular complexity index is 1320. The van der Waals surface area contributed by atoms with Gasteiger partial charge in [0, 0.05) is 23.8 Å². The SMILES string of the molecule is COc1cc([N+](=O)[O-])ccc1[N+]1(C)N=C(c2ccccc2S(=O)(=O)O)NN1c1ccoc1. The van der Waals surface area contributed by atoms with E-state index in [9.17, 15) is 23.1 Å². The number of hydrazine groups is 1. The van der Waals surface area contributed by atoms with Crippen LogP contribution in [0, 0.1) is 10.1 Å². The number of benzene rings is 2. The summed E-state index contributed by atoms with van der Waals surface area (Å²) in [5, 5.41) is 17.4. The molecule has 0 spiro atoms. The van der Waals surface area contributed by atoms with Gasteiger partial charge in [0.15, 0.2) is 11.4 Å². The van der Waals surface area contributed by atoms with Gasteiger partial charge in [0.05, 0.1) is 24.4 Å². The second-order valence-corrected chi connectivity index (χ2v) is 8.24. The van der Waals surface area contributed by atoms with Crippen molar-refractivity contribution in [2.45, 2.75) is 4.90 Å². The van der Waals surface area contributed by atoms with Gasteiger partial charge in [-0.15, -0.1) is 0 Å². The molecule has 4 rings (SSSR count). The molecule has 3 aromatic rings. The lowest BCUT2D eigenvalue weighted by molar-refractivity contribution is -0.384. The summed E-state index contributed by atoms with van der Waals surface area (Å²) in [4.78, 5) is 10.3. The number of nitro benzene ring substituents is 1. The molecule has 2 heterocycles. The fraction of sp³-hybridized carbons (Fsp3) is 0.105. The van der Waals surface area contributed by atoms with E-state index in [1.54, 1.807) is 24.3 Å². The van der Waals surface area contributed by atoms with E-state index < -0.39 is 15.0 Å². The van der Waals surface area contributed by atoms with Crippen LogP contribution in [0.5, 0.6) is 5.75 Å². The van der Waals surface area contributed by atoms with Crippen LogP contribution in [0.4, 0.5) is 17.1 Å². The predicted octanol–water partition coefficient (Wildman–Crippen LogP) is 2.68. The van der Waals surface area contributed by atoms with Gasteiger partial charge in [-0.1, -0.05) is 17.3 Å². The largest absolute Gasteiger partial charge is 0.490 e. The number of ether oxygens (including phenoxy) is 1. The van der Waals surface area contributed by atoms with Gasteiger partial charge in [-0.05, 0) is 21.9 Å². The molecule has 1 atom stereocenters. The summed E-state index contributed by atoms with van der Waals surface area (Å²) in [5.41, 5.74) is 3.93. The first-order valence-corrected chi connectivity index (χ1v) is 10.6. The van der Waals surface area contributed by atoms with Crippen LogP contribution in [0.2, 0.25) is 0 Å². The highest BCUT2D eigenvalue weighted by molar-refractivity contribution is 7.86. The molecule has 0 amide bonds. The van der Waals surface area contributed by atoms with Crippen LogP contribution in [-0.2, 0) is 10.1 Å². The smallest absolute Gasteiger partial charge is 0.295 e. The lowest BCUT2D eigenvalue weighted by Gasteiger charge is -2.31. The van der Waals surface area contributed by atoms with E-state index >= 15 is 0 Å². The van der Waals surface area contributed by atoms with E-state index in [4.69, 9.17) is 9.15 Å². The molecular formula is C19H18N5O7S+. The number of furan rings is 1. The van der Waals surface area contributed by atoms with E-state index in [0.29, 0.717) is 11.4 Å². The molecule has 13 heteroatoms. The van der Waals surface area contributed by atoms with E-state index in [2.05, 4.69) is 10.5 Å². The maximum Gasteiger partial charge on any atom is 0.295 e. The average Bonchev–Trinajstić information content (AvgIpc) is 3.41. The topological polar surface area (TPSA) is 148 Å². The van der Waals surface area contributed by atoms with Crippen molar-refractivity contribution in [3.05, 3.63) is 76.7 Å². The van der Waals surface area contributed by atoms with Gasteiger partial charge < -0.3 is 9.15 Å². The number of rotatable bonds is 6. The monoisotopic (exact) mass is 460 g/mol. The fourth-order valence-electron chi connectivity index (χ4n) is 3.42. The molecule has 0 aliphatic carbocycles. The number of hydrogen-bond donors (Lipinski definition) is 2. The second kappa shape index (κ2) is 7.64. The minimum Gasteiger partial charge on any atom is -0.490 e. The maximum atomic E-state index is 11.9. The van der Waals surface area contributed by atoms with Crippen LogP contribution < -0.4 is 20.0 Å². The molecule has 1 aliphatic rings. The first-order chi connectivity index (χ1) is 15.1. The Kier molecular flexibility index (Phi) is 5.08. The number of amidine groups is 1. The van der Waals surface area contributed by atoms with Gasteiger partial charge in [-0.25, -0.2) is 5.43 Å². The Balaban J connectivity index is 1.93. The zero-order valence-corrected chi connectivity index (χ0v) is 17.7. The van der Waals surface area contributed by atoms with Gasteiger partial charge in [-0.2, -0.15) is 8.42 Å². The molecule has 2 N–H and O–H groups in total. The molecule has 0 saturated carbocycles. The number of hydrogen-bond acceptors (Lipinski definition) is 9. The third kappa shape index (κ3) is 3.53. The molecular weight excluding hydrogens is 442 g/mol. The first kappa shape index (κ1) is 21.3. The first-order valence-electron chi connectivity index (χ1n) is 9.11. The molecule has 0 radical (unpaired) electrons. The van der Waals surface area contributed by atoms with Gasteiger partial charge in [-0.3, -0.25) is 14.7 Å². The molecule has 0 fully saturated rings. The predicted molar refractivity (Wildman–Crippen MR) is 114 cm³/mol. The number of methoxy groups -OCH3 is 1. The van der Waals surface area contributed by atoms with Crippen molar-refractivity contribution in [1.82, 2.24) is 10.1 Å². The van der Waals surface area contributed by atoms with Crippen molar-refractivity contribution in [3.63, 3.8) is 0 Å². The van der Waals surface area contributed by atoms with Gasteiger partial charge in [0.25, 0.3) is 15.8 Å². The van der Waals surface area contributed by atoms with E-state index in [1.165, 1.54) is 56.0 Å². The number of nitrogens with zero attached hydrogens (tertiary/aromatic N) is 4. The molecule has 1 aromatic heterocycles. The Hall–Kier alpha value is -3.94. The second-order valence-electron chi connectivity index (χ2n) is 6.85. The molecule has 0 bridgehead atoms. The molecule has 0 saturated heterocycles. The summed E-state index contributed by atoms with van der Waals surface area (Å²) in [6.07, 6.45) is 2.88. The Morgan fingerprint density at radius 1 is 1.25 bits per heavy atom. The van der Waals surface area contributed by atoms with E-state index in [-0.39, 0.29) is 32.4 Å². The standard InChI is InChI=1S/C19H17N5O7S/c1-24(16-8-7-13(23(25)26)11-17(16)30-2)21-19(20-22(24)14-9-10-31-12-14)15-5-3-4-6-18(15)32(27,28)29/h3-12H,1-2H3,(H-,20,21,27,28,29)/p+1. The lowest BCUT2D eigenvalue weighted by atomic mass is 10.2. The van der Waals surface area contributed by atoms with Crippen molar-refractivity contribution in [2.24, 2.45) is 5.10 Å². The Morgan fingerprint density at radius 3 is 2.62 bits per heavy atom. The Labute approximate surface area is 182 Å². The normalized spacial score (nSPS) is 18.2. The van der Waals surface area contributed by atoms with Crippen molar-refractivity contribution in [1.29, 1.82) is 0 Å². The summed E-state index contributed by atoms with van der Waals surface area (Å²) < 4.78 is 43.7. The number of nitro groups is 1. The summed E-state index contributed by atoms with van der Waals surface area (Å²) >= 11 is 0. The molecule has 1 aliphatic heterocycles. The van der Waals surface area contributed by atoms with E-state index in [1.807, 2.05) is 0 Å². The van der Waals surface area contributed by atoms with Crippen LogP contribution >= 0.6 is 0 Å². The van der Waals surface area contributed by atoms with Crippen molar-refractivity contribution < 1.29 is 27.0 Å². The quantitative estimate of drug-likeness (QED) is 0.245. The third-order valence-electron chi connectivity index (χ3n) is 4.90.